The molecule has 5 saturated carbocycles. The lowest BCUT2D eigenvalue weighted by Crippen LogP contribution is -2.59. The molecule has 0 aromatic heterocycles. The average Bonchev–Trinajstić information content (AvgIpc) is 2.35. The molecular weight excluding hydrogens is 222 g/mol. The van der Waals surface area contributed by atoms with Crippen LogP contribution in [0.2, 0.25) is 0 Å². The van der Waals surface area contributed by atoms with Gasteiger partial charge in [-0.1, -0.05) is 12.8 Å². The summed E-state index contributed by atoms with van der Waals surface area (Å²) in [6.07, 6.45) is 12.1. The van der Waals surface area contributed by atoms with Crippen LogP contribution in [0.5, 0.6) is 0 Å². The van der Waals surface area contributed by atoms with Gasteiger partial charge in [0.1, 0.15) is 0 Å². The maximum Gasteiger partial charge on any atom is 0.0693 e. The lowest BCUT2D eigenvalue weighted by molar-refractivity contribution is -0.0292. The van der Waals surface area contributed by atoms with E-state index in [9.17, 15) is 5.11 Å². The van der Waals surface area contributed by atoms with E-state index in [0.717, 1.165) is 36.1 Å². The van der Waals surface area contributed by atoms with Gasteiger partial charge in [0.05, 0.1) is 6.10 Å². The Kier molecular flexibility index (Phi) is 2.92. The van der Waals surface area contributed by atoms with Gasteiger partial charge in [-0.2, -0.15) is 0 Å². The normalized spacial score (nSPS) is 54.8. The Bertz CT molecular complexity index is 288. The van der Waals surface area contributed by atoms with Crippen molar-refractivity contribution in [1.82, 2.24) is 5.32 Å². The van der Waals surface area contributed by atoms with E-state index < -0.39 is 0 Å². The minimum Gasteiger partial charge on any atom is -0.392 e. The SMILES string of the molecule is OC1CCCCC1NC1C2CC3CC(C2)CC1C3. The number of hydrogen-bond acceptors (Lipinski definition) is 2. The van der Waals surface area contributed by atoms with Gasteiger partial charge < -0.3 is 10.4 Å². The molecule has 0 saturated heterocycles. The highest BCUT2D eigenvalue weighted by molar-refractivity contribution is 5.02. The van der Waals surface area contributed by atoms with Gasteiger partial charge >= 0.3 is 0 Å². The van der Waals surface area contributed by atoms with Crippen LogP contribution in [0.3, 0.4) is 0 Å². The summed E-state index contributed by atoms with van der Waals surface area (Å²) < 4.78 is 0. The van der Waals surface area contributed by atoms with Crippen molar-refractivity contribution >= 4 is 0 Å². The fourth-order valence-corrected chi connectivity index (χ4v) is 5.75. The number of aliphatic hydroxyl groups is 1. The Balaban J connectivity index is 1.45. The van der Waals surface area contributed by atoms with Crippen molar-refractivity contribution in [2.75, 3.05) is 0 Å². The molecule has 4 bridgehead atoms. The topological polar surface area (TPSA) is 32.3 Å². The first-order valence-corrected chi connectivity index (χ1v) is 8.23. The van der Waals surface area contributed by atoms with E-state index in [0.29, 0.717) is 6.04 Å². The lowest BCUT2D eigenvalue weighted by atomic mass is 9.54. The predicted octanol–water partition coefficient (Wildman–Crippen LogP) is 2.70. The molecule has 5 rings (SSSR count). The summed E-state index contributed by atoms with van der Waals surface area (Å²) >= 11 is 0. The van der Waals surface area contributed by atoms with Gasteiger partial charge in [0.15, 0.2) is 0 Å². The second-order valence-corrected chi connectivity index (χ2v) is 7.58. The summed E-state index contributed by atoms with van der Waals surface area (Å²) in [7, 11) is 0. The first-order chi connectivity index (χ1) is 8.79. The summed E-state index contributed by atoms with van der Waals surface area (Å²) in [6.45, 7) is 0. The molecule has 5 fully saturated rings. The third-order valence-corrected chi connectivity index (χ3v) is 6.36. The van der Waals surface area contributed by atoms with Crippen LogP contribution in [-0.2, 0) is 0 Å². The highest BCUT2D eigenvalue weighted by Crippen LogP contribution is 2.53. The van der Waals surface area contributed by atoms with Crippen molar-refractivity contribution in [3.63, 3.8) is 0 Å². The minimum absolute atomic E-state index is 0.0732. The summed E-state index contributed by atoms with van der Waals surface area (Å²) in [4.78, 5) is 0. The Morgan fingerprint density at radius 1 is 0.778 bits per heavy atom. The molecule has 2 N–H and O–H groups in total. The maximum atomic E-state index is 10.2. The summed E-state index contributed by atoms with van der Waals surface area (Å²) in [5.41, 5.74) is 0. The third-order valence-electron chi connectivity index (χ3n) is 6.36. The van der Waals surface area contributed by atoms with Gasteiger partial charge in [0, 0.05) is 12.1 Å². The van der Waals surface area contributed by atoms with Crippen LogP contribution >= 0.6 is 0 Å². The van der Waals surface area contributed by atoms with Gasteiger partial charge in [0.2, 0.25) is 0 Å². The molecule has 2 unspecified atom stereocenters. The zero-order valence-electron chi connectivity index (χ0n) is 11.4. The van der Waals surface area contributed by atoms with E-state index in [1.807, 2.05) is 0 Å². The van der Waals surface area contributed by atoms with Gasteiger partial charge in [0.25, 0.3) is 0 Å². The predicted molar refractivity (Wildman–Crippen MR) is 72.2 cm³/mol. The Morgan fingerprint density at radius 3 is 2.00 bits per heavy atom. The second kappa shape index (κ2) is 4.49. The highest BCUT2D eigenvalue weighted by Gasteiger charge is 2.48. The van der Waals surface area contributed by atoms with Gasteiger partial charge in [-0.25, -0.2) is 0 Å². The van der Waals surface area contributed by atoms with Crippen LogP contribution in [0.4, 0.5) is 0 Å². The Morgan fingerprint density at radius 2 is 1.39 bits per heavy atom. The number of hydrogen-bond donors (Lipinski definition) is 2. The third kappa shape index (κ3) is 1.92. The van der Waals surface area contributed by atoms with E-state index in [1.165, 1.54) is 51.4 Å². The molecule has 0 aliphatic heterocycles. The molecule has 0 spiro atoms. The molecule has 0 aromatic carbocycles. The molecular formula is C16H27NO. The number of rotatable bonds is 2. The van der Waals surface area contributed by atoms with Crippen LogP contribution in [-0.4, -0.2) is 23.3 Å². The largest absolute Gasteiger partial charge is 0.392 e. The highest BCUT2D eigenvalue weighted by atomic mass is 16.3. The smallest absolute Gasteiger partial charge is 0.0693 e. The molecule has 0 heterocycles. The second-order valence-electron chi connectivity index (χ2n) is 7.58. The molecule has 5 aliphatic rings. The minimum atomic E-state index is -0.0732. The average molecular weight is 249 g/mol. The number of nitrogens with one attached hydrogen (secondary N) is 1. The van der Waals surface area contributed by atoms with Crippen LogP contribution < -0.4 is 5.32 Å². The summed E-state index contributed by atoms with van der Waals surface area (Å²) in [6, 6.07) is 1.15. The lowest BCUT2D eigenvalue weighted by Gasteiger charge is -2.55. The molecule has 0 aromatic rings. The maximum absolute atomic E-state index is 10.2. The van der Waals surface area contributed by atoms with Crippen molar-refractivity contribution in [1.29, 1.82) is 0 Å². The quantitative estimate of drug-likeness (QED) is 0.788. The van der Waals surface area contributed by atoms with Crippen molar-refractivity contribution in [3.8, 4) is 0 Å². The van der Waals surface area contributed by atoms with Crippen LogP contribution in [0.1, 0.15) is 57.8 Å². The van der Waals surface area contributed by atoms with E-state index in [1.54, 1.807) is 0 Å². The van der Waals surface area contributed by atoms with Crippen LogP contribution in [0.25, 0.3) is 0 Å². The molecule has 18 heavy (non-hydrogen) atoms. The fourth-order valence-electron chi connectivity index (χ4n) is 5.75. The van der Waals surface area contributed by atoms with Crippen LogP contribution in [0, 0.1) is 23.7 Å². The van der Waals surface area contributed by atoms with Crippen molar-refractivity contribution < 1.29 is 5.11 Å². The van der Waals surface area contributed by atoms with Gasteiger partial charge in [-0.15, -0.1) is 0 Å². The van der Waals surface area contributed by atoms with E-state index in [2.05, 4.69) is 5.32 Å². The Hall–Kier alpha value is -0.0800. The van der Waals surface area contributed by atoms with E-state index in [-0.39, 0.29) is 6.10 Å². The summed E-state index contributed by atoms with van der Waals surface area (Å²) in [5.74, 6) is 3.99. The standard InChI is InChI=1S/C16H27NO/c18-15-4-2-1-3-14(15)17-16-12-6-10-5-11(8-12)9-13(16)7-10/h10-18H,1-9H2. The van der Waals surface area contributed by atoms with Crippen molar-refractivity contribution in [2.45, 2.75) is 76.0 Å². The zero-order valence-corrected chi connectivity index (χ0v) is 11.4. The molecule has 0 radical (unpaired) electrons. The molecule has 5 aliphatic carbocycles. The zero-order chi connectivity index (χ0) is 12.1. The Labute approximate surface area is 111 Å². The monoisotopic (exact) mass is 249 g/mol. The fraction of sp³-hybridized carbons (Fsp3) is 1.00. The summed E-state index contributed by atoms with van der Waals surface area (Å²) in [5, 5.41) is 14.1. The first-order valence-electron chi connectivity index (χ1n) is 8.23. The molecule has 2 atom stereocenters. The van der Waals surface area contributed by atoms with Crippen LogP contribution in [0.15, 0.2) is 0 Å². The van der Waals surface area contributed by atoms with E-state index >= 15 is 0 Å². The molecule has 2 heteroatoms. The van der Waals surface area contributed by atoms with E-state index in [4.69, 9.17) is 0 Å². The van der Waals surface area contributed by atoms with Gasteiger partial charge in [-0.05, 0) is 68.6 Å². The molecule has 0 amide bonds. The first kappa shape index (κ1) is 11.7. The molecule has 102 valence electrons. The van der Waals surface area contributed by atoms with Crippen molar-refractivity contribution in [2.24, 2.45) is 23.7 Å². The van der Waals surface area contributed by atoms with Crippen molar-refractivity contribution in [3.05, 3.63) is 0 Å². The van der Waals surface area contributed by atoms with Gasteiger partial charge in [-0.3, -0.25) is 0 Å². The number of aliphatic hydroxyl groups excluding tert-OH is 1. The molecule has 2 nitrogen and oxygen atoms in total.